The Kier molecular flexibility index (Phi) is 5.44. The molecule has 0 fully saturated rings. The van der Waals surface area contributed by atoms with Crippen LogP contribution in [0.3, 0.4) is 0 Å². The van der Waals surface area contributed by atoms with Crippen LogP contribution >= 0.6 is 0 Å². The molecule has 2 aromatic heterocycles. The third-order valence-corrected chi connectivity index (χ3v) is 4.64. The van der Waals surface area contributed by atoms with E-state index >= 15 is 0 Å². The molecular formula is C23H22N2O4. The number of ether oxygens (including phenoxy) is 2. The zero-order valence-corrected chi connectivity index (χ0v) is 16.3. The molecule has 0 amide bonds. The second kappa shape index (κ2) is 8.32. The van der Waals surface area contributed by atoms with E-state index in [0.29, 0.717) is 35.8 Å². The summed E-state index contributed by atoms with van der Waals surface area (Å²) in [6, 6.07) is 17.6. The fourth-order valence-corrected chi connectivity index (χ4v) is 3.17. The Morgan fingerprint density at radius 2 is 1.76 bits per heavy atom. The molecule has 6 nitrogen and oxygen atoms in total. The predicted octanol–water partition coefficient (Wildman–Crippen LogP) is 4.72. The lowest BCUT2D eigenvalue weighted by molar-refractivity contribution is 0.154. The van der Waals surface area contributed by atoms with Gasteiger partial charge < -0.3 is 19.0 Å². The number of fused-ring (bicyclic) bond motifs is 1. The lowest BCUT2D eigenvalue weighted by atomic mass is 9.99. The number of hydrogen-bond donors (Lipinski definition) is 1. The highest BCUT2D eigenvalue weighted by Crippen LogP contribution is 2.43. The Balaban J connectivity index is 1.90. The Morgan fingerprint density at radius 3 is 2.45 bits per heavy atom. The average Bonchev–Trinajstić information content (AvgIpc) is 3.15. The minimum atomic E-state index is -0.447. The molecule has 1 N–H and O–H groups in total. The average molecular weight is 390 g/mol. The fourth-order valence-electron chi connectivity index (χ4n) is 3.17. The minimum absolute atomic E-state index is 0.345. The standard InChI is InChI=1S/C23H22N2O4/c1-15(26)12-13-28-22-20-19(16-8-10-18(27-2)11-9-16)21(17-6-4-3-5-7-17)29-23(20)25-14-24-22/h3-11,14-15,26H,12-13H2,1-2H3. The lowest BCUT2D eigenvalue weighted by Gasteiger charge is -2.09. The van der Waals surface area contributed by atoms with Crippen LogP contribution in [0.5, 0.6) is 11.6 Å². The molecule has 4 rings (SSSR count). The normalized spacial score (nSPS) is 12.1. The van der Waals surface area contributed by atoms with Gasteiger partial charge in [0.1, 0.15) is 23.2 Å². The van der Waals surface area contributed by atoms with Crippen molar-refractivity contribution in [1.29, 1.82) is 0 Å². The first-order valence-electron chi connectivity index (χ1n) is 9.45. The van der Waals surface area contributed by atoms with Crippen LogP contribution in [0, 0.1) is 0 Å². The maximum atomic E-state index is 9.54. The van der Waals surface area contributed by atoms with Crippen molar-refractivity contribution in [1.82, 2.24) is 9.97 Å². The van der Waals surface area contributed by atoms with Crippen molar-refractivity contribution < 1.29 is 19.0 Å². The van der Waals surface area contributed by atoms with Gasteiger partial charge in [-0.05, 0) is 24.6 Å². The van der Waals surface area contributed by atoms with Gasteiger partial charge in [-0.15, -0.1) is 0 Å². The molecule has 29 heavy (non-hydrogen) atoms. The number of aromatic nitrogens is 2. The van der Waals surface area contributed by atoms with E-state index in [-0.39, 0.29) is 0 Å². The monoisotopic (exact) mass is 390 g/mol. The highest BCUT2D eigenvalue weighted by Gasteiger charge is 2.23. The van der Waals surface area contributed by atoms with Crippen molar-refractivity contribution in [3.63, 3.8) is 0 Å². The topological polar surface area (TPSA) is 77.6 Å². The molecule has 1 unspecified atom stereocenters. The first-order chi connectivity index (χ1) is 14.2. The second-order valence-corrected chi connectivity index (χ2v) is 6.75. The molecule has 0 radical (unpaired) electrons. The van der Waals surface area contributed by atoms with Crippen molar-refractivity contribution in [2.75, 3.05) is 13.7 Å². The number of benzene rings is 2. The van der Waals surface area contributed by atoms with Gasteiger partial charge >= 0.3 is 0 Å². The van der Waals surface area contributed by atoms with E-state index in [2.05, 4.69) is 9.97 Å². The van der Waals surface area contributed by atoms with E-state index in [0.717, 1.165) is 22.4 Å². The molecule has 0 aliphatic rings. The molecule has 4 aromatic rings. The fraction of sp³-hybridized carbons (Fsp3) is 0.217. The van der Waals surface area contributed by atoms with E-state index in [4.69, 9.17) is 13.9 Å². The number of methoxy groups -OCH3 is 1. The van der Waals surface area contributed by atoms with Crippen LogP contribution in [0.2, 0.25) is 0 Å². The van der Waals surface area contributed by atoms with Crippen LogP contribution in [0.1, 0.15) is 13.3 Å². The van der Waals surface area contributed by atoms with Crippen molar-refractivity contribution in [2.45, 2.75) is 19.4 Å². The van der Waals surface area contributed by atoms with Gasteiger partial charge in [0.05, 0.1) is 19.8 Å². The van der Waals surface area contributed by atoms with Crippen LogP contribution < -0.4 is 9.47 Å². The van der Waals surface area contributed by atoms with Crippen LogP contribution in [0.15, 0.2) is 65.3 Å². The number of nitrogens with zero attached hydrogens (tertiary/aromatic N) is 2. The molecule has 6 heteroatoms. The van der Waals surface area contributed by atoms with Crippen molar-refractivity contribution in [3.8, 4) is 34.1 Å². The van der Waals surface area contributed by atoms with Crippen LogP contribution in [-0.2, 0) is 0 Å². The minimum Gasteiger partial charge on any atom is -0.497 e. The van der Waals surface area contributed by atoms with Crippen LogP contribution in [0.4, 0.5) is 0 Å². The first kappa shape index (κ1) is 19.0. The summed E-state index contributed by atoms with van der Waals surface area (Å²) in [5.41, 5.74) is 3.20. The van der Waals surface area contributed by atoms with E-state index in [1.807, 2.05) is 54.6 Å². The predicted molar refractivity (Wildman–Crippen MR) is 111 cm³/mol. The maximum Gasteiger partial charge on any atom is 0.234 e. The molecule has 148 valence electrons. The largest absolute Gasteiger partial charge is 0.497 e. The second-order valence-electron chi connectivity index (χ2n) is 6.75. The third-order valence-electron chi connectivity index (χ3n) is 4.64. The number of furan rings is 1. The summed E-state index contributed by atoms with van der Waals surface area (Å²) in [6.07, 6.45) is 1.49. The van der Waals surface area contributed by atoms with E-state index < -0.39 is 6.10 Å². The van der Waals surface area contributed by atoms with Crippen LogP contribution in [0.25, 0.3) is 33.6 Å². The Morgan fingerprint density at radius 1 is 1.00 bits per heavy atom. The smallest absolute Gasteiger partial charge is 0.234 e. The molecule has 0 aliphatic carbocycles. The van der Waals surface area contributed by atoms with Gasteiger partial charge in [-0.3, -0.25) is 0 Å². The van der Waals surface area contributed by atoms with E-state index in [1.54, 1.807) is 14.0 Å². The van der Waals surface area contributed by atoms with E-state index in [1.165, 1.54) is 6.33 Å². The Bertz CT molecular complexity index is 1090. The molecular weight excluding hydrogens is 368 g/mol. The summed E-state index contributed by atoms with van der Waals surface area (Å²) < 4.78 is 17.3. The molecule has 2 aromatic carbocycles. The molecule has 0 aliphatic heterocycles. The zero-order chi connectivity index (χ0) is 20.2. The molecule has 0 bridgehead atoms. The first-order valence-corrected chi connectivity index (χ1v) is 9.45. The van der Waals surface area contributed by atoms with Gasteiger partial charge in [0.2, 0.25) is 11.6 Å². The maximum absolute atomic E-state index is 9.54. The van der Waals surface area contributed by atoms with Gasteiger partial charge in [-0.1, -0.05) is 42.5 Å². The van der Waals surface area contributed by atoms with Crippen molar-refractivity contribution >= 4 is 11.1 Å². The molecule has 2 heterocycles. The third kappa shape index (κ3) is 3.93. The van der Waals surface area contributed by atoms with Gasteiger partial charge in [-0.25, -0.2) is 9.97 Å². The summed E-state index contributed by atoms with van der Waals surface area (Å²) >= 11 is 0. The molecule has 0 saturated heterocycles. The van der Waals surface area contributed by atoms with Gasteiger partial charge in [-0.2, -0.15) is 0 Å². The summed E-state index contributed by atoms with van der Waals surface area (Å²) in [7, 11) is 1.64. The molecule has 1 atom stereocenters. The highest BCUT2D eigenvalue weighted by atomic mass is 16.5. The van der Waals surface area contributed by atoms with E-state index in [9.17, 15) is 5.11 Å². The molecule has 0 saturated carbocycles. The van der Waals surface area contributed by atoms with Crippen molar-refractivity contribution in [3.05, 3.63) is 60.9 Å². The Hall–Kier alpha value is -3.38. The summed E-state index contributed by atoms with van der Waals surface area (Å²) in [6.45, 7) is 2.07. The zero-order valence-electron chi connectivity index (χ0n) is 16.3. The van der Waals surface area contributed by atoms with Crippen molar-refractivity contribution in [2.24, 2.45) is 0 Å². The summed E-state index contributed by atoms with van der Waals surface area (Å²) in [5.74, 6) is 1.91. The number of aliphatic hydroxyl groups is 1. The number of hydrogen-bond acceptors (Lipinski definition) is 6. The quantitative estimate of drug-likeness (QED) is 0.492. The number of rotatable bonds is 7. The summed E-state index contributed by atoms with van der Waals surface area (Å²) in [5, 5.41) is 10.2. The van der Waals surface area contributed by atoms with Crippen LogP contribution in [-0.4, -0.2) is 34.9 Å². The van der Waals surface area contributed by atoms with Gasteiger partial charge in [0.15, 0.2) is 0 Å². The Labute approximate surface area is 168 Å². The van der Waals surface area contributed by atoms with Gasteiger partial charge in [0, 0.05) is 17.5 Å². The van der Waals surface area contributed by atoms with Gasteiger partial charge in [0.25, 0.3) is 0 Å². The lowest BCUT2D eigenvalue weighted by Crippen LogP contribution is -2.08. The number of aliphatic hydroxyl groups excluding tert-OH is 1. The SMILES string of the molecule is COc1ccc(-c2c(-c3ccccc3)oc3ncnc(OCCC(C)O)c23)cc1. The summed E-state index contributed by atoms with van der Waals surface area (Å²) in [4.78, 5) is 8.65. The molecule has 0 spiro atoms. The highest BCUT2D eigenvalue weighted by molar-refractivity contribution is 6.03.